The summed E-state index contributed by atoms with van der Waals surface area (Å²) in [4.78, 5) is 14.5. The van der Waals surface area contributed by atoms with Gasteiger partial charge in [0.05, 0.1) is 48.4 Å². The van der Waals surface area contributed by atoms with Crippen LogP contribution < -0.4 is 4.90 Å². The van der Waals surface area contributed by atoms with Crippen molar-refractivity contribution in [1.82, 2.24) is 19.3 Å². The van der Waals surface area contributed by atoms with Crippen LogP contribution in [-0.2, 0) is 29.5 Å². The van der Waals surface area contributed by atoms with E-state index in [1.54, 1.807) is 16.8 Å². The molecule has 1 aliphatic heterocycles. The van der Waals surface area contributed by atoms with Crippen molar-refractivity contribution in [3.05, 3.63) is 102 Å². The number of pyridine rings is 1. The van der Waals surface area contributed by atoms with Crippen LogP contribution in [0.25, 0.3) is 11.3 Å². The molecule has 0 saturated heterocycles. The van der Waals surface area contributed by atoms with E-state index < -0.39 is 10.0 Å². The van der Waals surface area contributed by atoms with Crippen molar-refractivity contribution in [1.29, 1.82) is 0 Å². The smallest absolute Gasteiger partial charge is 0.211 e. The van der Waals surface area contributed by atoms with Gasteiger partial charge < -0.3 is 9.88 Å². The molecule has 1 atom stereocenters. The lowest BCUT2D eigenvalue weighted by Gasteiger charge is -2.31. The van der Waals surface area contributed by atoms with Gasteiger partial charge in [0.15, 0.2) is 0 Å². The third-order valence-electron chi connectivity index (χ3n) is 6.16. The Kier molecular flexibility index (Phi) is 6.17. The third-order valence-corrected chi connectivity index (χ3v) is 7.44. The maximum Gasteiger partial charge on any atom is 0.211 e. The minimum atomic E-state index is -3.48. The number of imidazole rings is 1. The molecule has 7 nitrogen and oxygen atoms in total. The van der Waals surface area contributed by atoms with Gasteiger partial charge in [0.1, 0.15) is 0 Å². The lowest BCUT2D eigenvalue weighted by Crippen LogP contribution is -2.45. The van der Waals surface area contributed by atoms with E-state index in [4.69, 9.17) is 4.98 Å². The summed E-state index contributed by atoms with van der Waals surface area (Å²) in [6, 6.07) is 23.8. The SMILES string of the molecule is CS(=O)(=O)N1Cc2nc(-c3ccccc3)ccc2N(Cc2cnc[nH]2)C[C@H]1Cc1ccccc1. The lowest BCUT2D eigenvalue weighted by molar-refractivity contribution is 0.318. The number of hydrogen-bond donors (Lipinski definition) is 1. The number of aromatic nitrogens is 3. The molecule has 0 spiro atoms. The van der Waals surface area contributed by atoms with Crippen LogP contribution in [0.2, 0.25) is 0 Å². The van der Waals surface area contributed by atoms with Gasteiger partial charge in [-0.15, -0.1) is 0 Å². The van der Waals surface area contributed by atoms with Crippen LogP contribution in [0.5, 0.6) is 0 Å². The van der Waals surface area contributed by atoms with Crippen molar-refractivity contribution in [2.75, 3.05) is 17.7 Å². The number of nitrogens with one attached hydrogen (secondary N) is 1. The summed E-state index contributed by atoms with van der Waals surface area (Å²) in [5.41, 5.74) is 5.59. The molecule has 1 aliphatic rings. The van der Waals surface area contributed by atoms with Crippen LogP contribution in [0.1, 0.15) is 17.0 Å². The second-order valence-electron chi connectivity index (χ2n) is 8.64. The molecule has 0 saturated carbocycles. The Labute approximate surface area is 200 Å². The summed E-state index contributed by atoms with van der Waals surface area (Å²) in [6.07, 6.45) is 5.37. The van der Waals surface area contributed by atoms with Crippen LogP contribution in [0.3, 0.4) is 0 Å². The largest absolute Gasteiger partial charge is 0.363 e. The van der Waals surface area contributed by atoms with Crippen LogP contribution in [0, 0.1) is 0 Å². The molecule has 0 bridgehead atoms. The third kappa shape index (κ3) is 4.88. The van der Waals surface area contributed by atoms with E-state index in [9.17, 15) is 8.42 Å². The minimum absolute atomic E-state index is 0.228. The van der Waals surface area contributed by atoms with Gasteiger partial charge in [-0.3, -0.25) is 0 Å². The van der Waals surface area contributed by atoms with Crippen molar-refractivity contribution in [2.45, 2.75) is 25.6 Å². The van der Waals surface area contributed by atoms with E-state index in [2.05, 4.69) is 20.9 Å². The molecule has 3 heterocycles. The van der Waals surface area contributed by atoms with Crippen LogP contribution in [0.15, 0.2) is 85.3 Å². The Morgan fingerprint density at radius 2 is 1.74 bits per heavy atom. The predicted octanol–water partition coefficient (Wildman–Crippen LogP) is 3.86. The van der Waals surface area contributed by atoms with Gasteiger partial charge in [0.25, 0.3) is 0 Å². The summed E-state index contributed by atoms with van der Waals surface area (Å²) in [5.74, 6) is 0. The number of benzene rings is 2. The zero-order chi connectivity index (χ0) is 23.5. The lowest BCUT2D eigenvalue weighted by atomic mass is 10.1. The quantitative estimate of drug-likeness (QED) is 0.460. The van der Waals surface area contributed by atoms with E-state index in [0.29, 0.717) is 19.5 Å². The maximum atomic E-state index is 13.0. The monoisotopic (exact) mass is 473 g/mol. The fourth-order valence-corrected chi connectivity index (χ4v) is 5.60. The molecular weight excluding hydrogens is 446 g/mol. The Hall–Kier alpha value is -3.49. The summed E-state index contributed by atoms with van der Waals surface area (Å²) < 4.78 is 27.6. The van der Waals surface area contributed by atoms with E-state index in [-0.39, 0.29) is 12.6 Å². The first-order chi connectivity index (χ1) is 16.5. The maximum absolute atomic E-state index is 13.0. The van der Waals surface area contributed by atoms with Crippen molar-refractivity contribution >= 4 is 15.7 Å². The number of hydrogen-bond acceptors (Lipinski definition) is 5. The predicted molar refractivity (Wildman–Crippen MR) is 134 cm³/mol. The van der Waals surface area contributed by atoms with Gasteiger partial charge in [-0.2, -0.15) is 4.31 Å². The van der Waals surface area contributed by atoms with E-state index >= 15 is 0 Å². The second kappa shape index (κ2) is 9.40. The molecule has 2 aromatic carbocycles. The molecule has 0 radical (unpaired) electrons. The van der Waals surface area contributed by atoms with E-state index in [0.717, 1.165) is 33.9 Å². The molecule has 0 unspecified atom stereocenters. The average molecular weight is 474 g/mol. The van der Waals surface area contributed by atoms with Gasteiger partial charge in [-0.25, -0.2) is 18.4 Å². The topological polar surface area (TPSA) is 82.2 Å². The first kappa shape index (κ1) is 22.3. The Balaban J connectivity index is 1.58. The number of aromatic amines is 1. The minimum Gasteiger partial charge on any atom is -0.363 e. The van der Waals surface area contributed by atoms with Crippen molar-refractivity contribution in [3.8, 4) is 11.3 Å². The summed E-state index contributed by atoms with van der Waals surface area (Å²) in [7, 11) is -3.48. The van der Waals surface area contributed by atoms with E-state index in [1.807, 2.05) is 66.7 Å². The summed E-state index contributed by atoms with van der Waals surface area (Å²) >= 11 is 0. The Bertz CT molecular complexity index is 1340. The number of nitrogens with zero attached hydrogens (tertiary/aromatic N) is 4. The Morgan fingerprint density at radius 1 is 1.00 bits per heavy atom. The number of H-pyrrole nitrogens is 1. The van der Waals surface area contributed by atoms with Gasteiger partial charge in [0, 0.05) is 24.3 Å². The first-order valence-electron chi connectivity index (χ1n) is 11.3. The van der Waals surface area contributed by atoms with Crippen LogP contribution in [-0.4, -0.2) is 46.5 Å². The zero-order valence-electron chi connectivity index (χ0n) is 19.0. The molecule has 5 rings (SSSR count). The summed E-state index contributed by atoms with van der Waals surface area (Å²) in [5, 5.41) is 0. The highest BCUT2D eigenvalue weighted by molar-refractivity contribution is 7.88. The van der Waals surface area contributed by atoms with Gasteiger partial charge in [0.2, 0.25) is 10.0 Å². The molecule has 34 heavy (non-hydrogen) atoms. The molecule has 8 heteroatoms. The molecule has 0 aliphatic carbocycles. The van der Waals surface area contributed by atoms with E-state index in [1.165, 1.54) is 6.26 Å². The number of rotatable bonds is 6. The fourth-order valence-electron chi connectivity index (χ4n) is 4.56. The van der Waals surface area contributed by atoms with Gasteiger partial charge in [-0.1, -0.05) is 60.7 Å². The number of sulfonamides is 1. The molecule has 174 valence electrons. The highest BCUT2D eigenvalue weighted by Crippen LogP contribution is 2.32. The molecule has 0 fully saturated rings. The highest BCUT2D eigenvalue weighted by atomic mass is 32.2. The second-order valence-corrected chi connectivity index (χ2v) is 10.6. The standard InChI is InChI=1S/C26H27N5O2S/c1-34(32,33)31-18-25-26(13-12-24(29-25)21-10-6-3-7-11-21)30(16-22-15-27-19-28-22)17-23(31)14-20-8-4-2-5-9-20/h2-13,15,19,23H,14,16-18H2,1H3,(H,27,28)/t23-/m1/s1. The molecule has 1 N–H and O–H groups in total. The fraction of sp³-hybridized carbons (Fsp3) is 0.231. The average Bonchev–Trinajstić information content (AvgIpc) is 3.30. The van der Waals surface area contributed by atoms with Gasteiger partial charge >= 0.3 is 0 Å². The number of fused-ring (bicyclic) bond motifs is 1. The number of anilines is 1. The van der Waals surface area contributed by atoms with Crippen LogP contribution in [0.4, 0.5) is 5.69 Å². The molecular formula is C26H27N5O2S. The normalized spacial score (nSPS) is 16.7. The van der Waals surface area contributed by atoms with Gasteiger partial charge in [-0.05, 0) is 24.1 Å². The highest BCUT2D eigenvalue weighted by Gasteiger charge is 2.34. The molecule has 2 aromatic heterocycles. The van der Waals surface area contributed by atoms with Crippen LogP contribution >= 0.6 is 0 Å². The zero-order valence-corrected chi connectivity index (χ0v) is 19.8. The Morgan fingerprint density at radius 3 is 2.41 bits per heavy atom. The molecule has 0 amide bonds. The molecule has 4 aromatic rings. The van der Waals surface area contributed by atoms with Crippen molar-refractivity contribution in [3.63, 3.8) is 0 Å². The van der Waals surface area contributed by atoms with Crippen molar-refractivity contribution in [2.24, 2.45) is 0 Å². The first-order valence-corrected chi connectivity index (χ1v) is 13.1. The van der Waals surface area contributed by atoms with Crippen molar-refractivity contribution < 1.29 is 8.42 Å². The summed E-state index contributed by atoms with van der Waals surface area (Å²) in [6.45, 7) is 1.36.